The summed E-state index contributed by atoms with van der Waals surface area (Å²) in [5.41, 5.74) is -0.278. The molecule has 1 aromatic carbocycles. The molecule has 1 heterocycles. The Labute approximate surface area is 163 Å². The lowest BCUT2D eigenvalue weighted by atomic mass is 9.81. The van der Waals surface area contributed by atoms with Crippen molar-refractivity contribution in [3.05, 3.63) is 23.8 Å². The van der Waals surface area contributed by atoms with Gasteiger partial charge in [-0.05, 0) is 44.7 Å². The maximum Gasteiger partial charge on any atom is 0.341 e. The number of nitrogens with zero attached hydrogens (tertiary/aromatic N) is 1. The first-order chi connectivity index (χ1) is 13.3. The first-order valence-corrected chi connectivity index (χ1v) is 9.46. The third-order valence-corrected chi connectivity index (χ3v) is 5.60. The molecule has 0 radical (unpaired) electrons. The van der Waals surface area contributed by atoms with E-state index in [1.807, 2.05) is 13.8 Å². The average Bonchev–Trinajstić information content (AvgIpc) is 3.20. The van der Waals surface area contributed by atoms with Gasteiger partial charge >= 0.3 is 18.0 Å². The zero-order valence-corrected chi connectivity index (χ0v) is 16.4. The van der Waals surface area contributed by atoms with Crippen LogP contribution < -0.4 is 10.1 Å². The average molecular weight is 390 g/mol. The normalized spacial score (nSPS) is 23.4. The van der Waals surface area contributed by atoms with Gasteiger partial charge in [0.25, 0.3) is 0 Å². The molecule has 0 aromatic heterocycles. The van der Waals surface area contributed by atoms with Crippen LogP contribution in [0, 0.1) is 11.3 Å². The molecule has 1 aliphatic heterocycles. The minimum absolute atomic E-state index is 0.0245. The lowest BCUT2D eigenvalue weighted by Crippen LogP contribution is -2.38. The second-order valence-electron chi connectivity index (χ2n) is 7.70. The number of carboxylic acids is 1. The van der Waals surface area contributed by atoms with Crippen molar-refractivity contribution in [1.29, 1.82) is 0 Å². The van der Waals surface area contributed by atoms with Crippen molar-refractivity contribution in [1.82, 2.24) is 4.90 Å². The van der Waals surface area contributed by atoms with Crippen LogP contribution in [0.1, 0.15) is 43.5 Å². The standard InChI is InChI=1S/C20H26N2O6/c1-12(2)28-16-14(17(23)27-3)7-4-8-15(16)21-19(26)22-10-13-6-5-9-20(13,11-22)18(24)25/h4,7-8,12-13H,5-6,9-11H2,1-3H3,(H,21,26)(H,24,25)/t13-,20+/m0/s1. The number of likely N-dealkylation sites (tertiary alicyclic amines) is 1. The number of aliphatic carboxylic acids is 1. The number of hydrogen-bond donors (Lipinski definition) is 2. The van der Waals surface area contributed by atoms with Gasteiger partial charge < -0.3 is 24.8 Å². The van der Waals surface area contributed by atoms with E-state index in [4.69, 9.17) is 9.47 Å². The highest BCUT2D eigenvalue weighted by molar-refractivity contribution is 5.98. The number of fused-ring (bicyclic) bond motifs is 1. The predicted octanol–water partition coefficient (Wildman–Crippen LogP) is 2.98. The van der Waals surface area contributed by atoms with E-state index in [2.05, 4.69) is 5.32 Å². The molecule has 8 heteroatoms. The van der Waals surface area contributed by atoms with E-state index < -0.39 is 23.4 Å². The van der Waals surface area contributed by atoms with Crippen molar-refractivity contribution >= 4 is 23.7 Å². The molecule has 2 fully saturated rings. The van der Waals surface area contributed by atoms with Gasteiger partial charge in [0.2, 0.25) is 0 Å². The van der Waals surface area contributed by atoms with E-state index in [0.717, 1.165) is 12.8 Å². The number of carboxylic acid groups (broad SMARTS) is 1. The van der Waals surface area contributed by atoms with Crippen LogP contribution in [0.3, 0.4) is 0 Å². The van der Waals surface area contributed by atoms with Crippen molar-refractivity contribution in [2.75, 3.05) is 25.5 Å². The number of nitrogens with one attached hydrogen (secondary N) is 1. The van der Waals surface area contributed by atoms with Crippen molar-refractivity contribution in [3.8, 4) is 5.75 Å². The van der Waals surface area contributed by atoms with Gasteiger partial charge in [-0.3, -0.25) is 4.79 Å². The molecule has 1 saturated carbocycles. The lowest BCUT2D eigenvalue weighted by Gasteiger charge is -2.24. The number of hydrogen-bond acceptors (Lipinski definition) is 5. The summed E-state index contributed by atoms with van der Waals surface area (Å²) in [5.74, 6) is -1.18. The Hall–Kier alpha value is -2.77. The molecule has 0 unspecified atom stereocenters. The van der Waals surface area contributed by atoms with Crippen LogP contribution in [-0.2, 0) is 9.53 Å². The predicted molar refractivity (Wildman–Crippen MR) is 102 cm³/mol. The molecule has 0 spiro atoms. The van der Waals surface area contributed by atoms with Crippen molar-refractivity contribution < 1.29 is 29.0 Å². The maximum atomic E-state index is 12.8. The van der Waals surface area contributed by atoms with Crippen LogP contribution in [0.5, 0.6) is 5.75 Å². The maximum absolute atomic E-state index is 12.8. The minimum Gasteiger partial charge on any atom is -0.488 e. The number of benzene rings is 1. The number of urea groups is 1. The summed E-state index contributed by atoms with van der Waals surface area (Å²) in [4.78, 5) is 38.3. The Balaban J connectivity index is 1.83. The van der Waals surface area contributed by atoms with E-state index in [0.29, 0.717) is 18.7 Å². The molecular weight excluding hydrogens is 364 g/mol. The topological polar surface area (TPSA) is 105 Å². The number of esters is 1. The molecule has 2 N–H and O–H groups in total. The molecule has 1 aromatic rings. The fourth-order valence-corrected chi connectivity index (χ4v) is 4.26. The van der Waals surface area contributed by atoms with Crippen molar-refractivity contribution in [3.63, 3.8) is 0 Å². The number of methoxy groups -OCH3 is 1. The molecule has 2 atom stereocenters. The summed E-state index contributed by atoms with van der Waals surface area (Å²) in [5, 5.41) is 12.5. The Morgan fingerprint density at radius 1 is 1.32 bits per heavy atom. The van der Waals surface area contributed by atoms with Crippen LogP contribution in [0.4, 0.5) is 10.5 Å². The first-order valence-electron chi connectivity index (χ1n) is 9.46. The summed E-state index contributed by atoms with van der Waals surface area (Å²) in [6, 6.07) is 4.45. The second-order valence-corrected chi connectivity index (χ2v) is 7.70. The number of carbonyl (C=O) groups excluding carboxylic acids is 2. The second kappa shape index (κ2) is 7.69. The molecular formula is C20H26N2O6. The van der Waals surface area contributed by atoms with Crippen molar-refractivity contribution in [2.24, 2.45) is 11.3 Å². The van der Waals surface area contributed by atoms with Gasteiger partial charge in [0.15, 0.2) is 5.75 Å². The van der Waals surface area contributed by atoms with Crippen LogP contribution in [-0.4, -0.2) is 54.3 Å². The lowest BCUT2D eigenvalue weighted by molar-refractivity contribution is -0.149. The summed E-state index contributed by atoms with van der Waals surface area (Å²) in [6.45, 7) is 4.24. The molecule has 2 amide bonds. The fraction of sp³-hybridized carbons (Fsp3) is 0.550. The number of anilines is 1. The smallest absolute Gasteiger partial charge is 0.341 e. The van der Waals surface area contributed by atoms with Gasteiger partial charge in [-0.1, -0.05) is 12.5 Å². The highest BCUT2D eigenvalue weighted by Crippen LogP contribution is 2.49. The van der Waals surface area contributed by atoms with E-state index in [1.165, 1.54) is 7.11 Å². The molecule has 8 nitrogen and oxygen atoms in total. The molecule has 1 saturated heterocycles. The van der Waals surface area contributed by atoms with Crippen LogP contribution >= 0.6 is 0 Å². The van der Waals surface area contributed by atoms with Gasteiger partial charge in [-0.15, -0.1) is 0 Å². The Morgan fingerprint density at radius 2 is 2.07 bits per heavy atom. The van der Waals surface area contributed by atoms with Crippen LogP contribution in [0.25, 0.3) is 0 Å². The first kappa shape index (κ1) is 20.0. The monoisotopic (exact) mass is 390 g/mol. The van der Waals surface area contributed by atoms with Gasteiger partial charge in [0.05, 0.1) is 24.3 Å². The largest absolute Gasteiger partial charge is 0.488 e. The number of amides is 2. The number of rotatable bonds is 5. The number of carbonyl (C=O) groups is 3. The summed E-state index contributed by atoms with van der Waals surface area (Å²) in [6.07, 6.45) is 2.06. The van der Waals surface area contributed by atoms with Crippen LogP contribution in [0.15, 0.2) is 18.2 Å². The van der Waals surface area contributed by atoms with Crippen molar-refractivity contribution in [2.45, 2.75) is 39.2 Å². The summed E-state index contributed by atoms with van der Waals surface area (Å²) < 4.78 is 10.6. The summed E-state index contributed by atoms with van der Waals surface area (Å²) >= 11 is 0. The molecule has 3 rings (SSSR count). The molecule has 1 aliphatic carbocycles. The van der Waals surface area contributed by atoms with Gasteiger partial charge in [0.1, 0.15) is 5.56 Å². The van der Waals surface area contributed by atoms with E-state index >= 15 is 0 Å². The van der Waals surface area contributed by atoms with E-state index in [1.54, 1.807) is 23.1 Å². The number of para-hydroxylation sites is 1. The van der Waals surface area contributed by atoms with Gasteiger partial charge in [0, 0.05) is 13.1 Å². The van der Waals surface area contributed by atoms with Gasteiger partial charge in [-0.25, -0.2) is 9.59 Å². The zero-order valence-electron chi connectivity index (χ0n) is 16.4. The molecule has 152 valence electrons. The molecule has 0 bridgehead atoms. The van der Waals surface area contributed by atoms with Crippen LogP contribution in [0.2, 0.25) is 0 Å². The molecule has 28 heavy (non-hydrogen) atoms. The minimum atomic E-state index is -0.845. The van der Waals surface area contributed by atoms with E-state index in [9.17, 15) is 19.5 Å². The summed E-state index contributed by atoms with van der Waals surface area (Å²) in [7, 11) is 1.28. The Morgan fingerprint density at radius 3 is 2.68 bits per heavy atom. The third-order valence-electron chi connectivity index (χ3n) is 5.60. The third kappa shape index (κ3) is 3.50. The SMILES string of the molecule is COC(=O)c1cccc(NC(=O)N2C[C@@H]3CCC[C@@]3(C(=O)O)C2)c1OC(C)C. The zero-order chi connectivity index (χ0) is 20.5. The molecule has 2 aliphatic rings. The fourth-order valence-electron chi connectivity index (χ4n) is 4.26. The highest BCUT2D eigenvalue weighted by Gasteiger charge is 2.55. The highest BCUT2D eigenvalue weighted by atomic mass is 16.5. The van der Waals surface area contributed by atoms with E-state index in [-0.39, 0.29) is 29.9 Å². The number of ether oxygens (including phenoxy) is 2. The Bertz CT molecular complexity index is 793. The van der Waals surface area contributed by atoms with Gasteiger partial charge in [-0.2, -0.15) is 0 Å². The Kier molecular flexibility index (Phi) is 5.49. The quantitative estimate of drug-likeness (QED) is 0.749.